The molecule has 4 nitrogen and oxygen atoms in total. The van der Waals surface area contributed by atoms with E-state index in [-0.39, 0.29) is 6.42 Å². The molecule has 0 fully saturated rings. The lowest BCUT2D eigenvalue weighted by molar-refractivity contribution is -0.148. The van der Waals surface area contributed by atoms with Crippen molar-refractivity contribution < 1.29 is 19.8 Å². The first kappa shape index (κ1) is 15.7. The molecule has 0 aromatic heterocycles. The van der Waals surface area contributed by atoms with Crippen molar-refractivity contribution in [3.05, 3.63) is 12.2 Å². The van der Waals surface area contributed by atoms with E-state index < -0.39 is 17.9 Å². The monoisotopic (exact) mass is 242 g/mol. The van der Waals surface area contributed by atoms with Crippen molar-refractivity contribution in [3.63, 3.8) is 0 Å². The minimum atomic E-state index is -1.04. The summed E-state index contributed by atoms with van der Waals surface area (Å²) in [5.74, 6) is -2.77. The largest absolute Gasteiger partial charge is 0.481 e. The van der Waals surface area contributed by atoms with Gasteiger partial charge in [-0.2, -0.15) is 0 Å². The number of hydrogen-bond acceptors (Lipinski definition) is 2. The maximum Gasteiger partial charge on any atom is 0.307 e. The van der Waals surface area contributed by atoms with Crippen LogP contribution in [0.25, 0.3) is 0 Å². The summed E-state index contributed by atoms with van der Waals surface area (Å²) >= 11 is 0. The minimum absolute atomic E-state index is 0.270. The first-order valence-electron chi connectivity index (χ1n) is 6.13. The normalized spacial score (nSPS) is 12.8. The third kappa shape index (κ3) is 9.60. The second kappa shape index (κ2) is 9.87. The molecule has 0 heterocycles. The van der Waals surface area contributed by atoms with Crippen LogP contribution in [0.1, 0.15) is 51.9 Å². The summed E-state index contributed by atoms with van der Waals surface area (Å²) in [5, 5.41) is 17.4. The summed E-state index contributed by atoms with van der Waals surface area (Å²) in [4.78, 5) is 21.2. The van der Waals surface area contributed by atoms with E-state index in [0.717, 1.165) is 32.1 Å². The van der Waals surface area contributed by atoms with Crippen molar-refractivity contribution in [1.82, 2.24) is 0 Å². The summed E-state index contributed by atoms with van der Waals surface area (Å²) in [6.07, 6.45) is 9.34. The fourth-order valence-corrected chi connectivity index (χ4v) is 1.70. The summed E-state index contributed by atoms with van der Waals surface area (Å²) in [6, 6.07) is 0. The Morgan fingerprint density at radius 3 is 2.29 bits per heavy atom. The molecule has 0 rings (SSSR count). The molecule has 0 aromatic carbocycles. The van der Waals surface area contributed by atoms with Crippen LogP contribution in [0.3, 0.4) is 0 Å². The Kier molecular flexibility index (Phi) is 9.11. The highest BCUT2D eigenvalue weighted by atomic mass is 16.4. The molecule has 0 radical (unpaired) electrons. The average Bonchev–Trinajstić information content (AvgIpc) is 2.25. The van der Waals surface area contributed by atoms with Crippen LogP contribution < -0.4 is 0 Å². The fraction of sp³-hybridized carbons (Fsp3) is 0.692. The van der Waals surface area contributed by atoms with E-state index in [0.29, 0.717) is 6.42 Å². The van der Waals surface area contributed by atoms with E-state index in [2.05, 4.69) is 6.08 Å². The summed E-state index contributed by atoms with van der Waals surface area (Å²) in [7, 11) is 0. The van der Waals surface area contributed by atoms with Crippen molar-refractivity contribution in [2.45, 2.75) is 51.9 Å². The van der Waals surface area contributed by atoms with Gasteiger partial charge in [0.2, 0.25) is 0 Å². The Hall–Kier alpha value is -1.32. The van der Waals surface area contributed by atoms with Crippen LogP contribution in [0.2, 0.25) is 0 Å². The van der Waals surface area contributed by atoms with Crippen LogP contribution in [-0.2, 0) is 9.59 Å². The minimum Gasteiger partial charge on any atom is -0.481 e. The lowest BCUT2D eigenvalue weighted by Gasteiger charge is -2.08. The topological polar surface area (TPSA) is 74.6 Å². The van der Waals surface area contributed by atoms with Gasteiger partial charge in [0, 0.05) is 0 Å². The van der Waals surface area contributed by atoms with Crippen molar-refractivity contribution in [2.24, 2.45) is 5.92 Å². The molecule has 0 aliphatic rings. The Morgan fingerprint density at radius 2 is 1.76 bits per heavy atom. The highest BCUT2D eigenvalue weighted by molar-refractivity contribution is 5.77. The second-order valence-corrected chi connectivity index (χ2v) is 4.19. The number of rotatable bonds is 10. The number of carboxylic acids is 2. The number of allylic oxidation sites excluding steroid dienone is 2. The molecule has 0 aromatic rings. The first-order chi connectivity index (χ1) is 8.07. The van der Waals surface area contributed by atoms with E-state index >= 15 is 0 Å². The zero-order valence-electron chi connectivity index (χ0n) is 10.4. The van der Waals surface area contributed by atoms with Gasteiger partial charge >= 0.3 is 11.9 Å². The van der Waals surface area contributed by atoms with Gasteiger partial charge in [0.15, 0.2) is 0 Å². The third-order valence-electron chi connectivity index (χ3n) is 2.68. The molecule has 1 atom stereocenters. The predicted molar refractivity (Wildman–Crippen MR) is 65.9 cm³/mol. The number of carbonyl (C=O) groups is 2. The van der Waals surface area contributed by atoms with Gasteiger partial charge < -0.3 is 10.2 Å². The summed E-state index contributed by atoms with van der Waals surface area (Å²) in [6.45, 7) is 1.99. The molecule has 0 aliphatic heterocycles. The number of unbranched alkanes of at least 4 members (excludes halogenated alkanes) is 4. The fourth-order valence-electron chi connectivity index (χ4n) is 1.70. The molecule has 0 spiro atoms. The molecule has 0 bridgehead atoms. The number of aliphatic carboxylic acids is 2. The molecule has 0 saturated carbocycles. The van der Waals surface area contributed by atoms with Crippen molar-refractivity contribution in [3.8, 4) is 0 Å². The van der Waals surface area contributed by atoms with E-state index in [9.17, 15) is 9.59 Å². The molecule has 17 heavy (non-hydrogen) atoms. The van der Waals surface area contributed by atoms with Gasteiger partial charge in [-0.3, -0.25) is 9.59 Å². The highest BCUT2D eigenvalue weighted by Gasteiger charge is 2.19. The van der Waals surface area contributed by atoms with Crippen LogP contribution in [0.4, 0.5) is 0 Å². The van der Waals surface area contributed by atoms with Gasteiger partial charge in [-0.25, -0.2) is 0 Å². The first-order valence-corrected chi connectivity index (χ1v) is 6.13. The van der Waals surface area contributed by atoms with E-state index in [1.165, 1.54) is 0 Å². The van der Waals surface area contributed by atoms with Crippen LogP contribution in [0.15, 0.2) is 12.2 Å². The van der Waals surface area contributed by atoms with Gasteiger partial charge in [-0.15, -0.1) is 0 Å². The Balaban J connectivity index is 3.61. The predicted octanol–water partition coefficient (Wildman–Crippen LogP) is 3.08. The van der Waals surface area contributed by atoms with Crippen molar-refractivity contribution in [2.75, 3.05) is 0 Å². The molecule has 2 N–H and O–H groups in total. The number of hydrogen-bond donors (Lipinski definition) is 2. The lowest BCUT2D eigenvalue weighted by Crippen LogP contribution is -2.17. The third-order valence-corrected chi connectivity index (χ3v) is 2.68. The molecule has 0 saturated heterocycles. The van der Waals surface area contributed by atoms with Crippen molar-refractivity contribution >= 4 is 11.9 Å². The van der Waals surface area contributed by atoms with Crippen molar-refractivity contribution in [1.29, 1.82) is 0 Å². The Labute approximate surface area is 102 Å². The van der Waals surface area contributed by atoms with Gasteiger partial charge in [0.05, 0.1) is 12.3 Å². The standard InChI is InChI=1S/C13H22O4/c1-2-3-4-5-6-7-8-9-11(13(16)17)10-12(14)15/h2-3,11H,4-10H2,1H3,(H,14,15)(H,16,17)/b3-2+. The van der Waals surface area contributed by atoms with E-state index in [1.807, 2.05) is 13.0 Å². The smallest absolute Gasteiger partial charge is 0.307 e. The summed E-state index contributed by atoms with van der Waals surface area (Å²) < 4.78 is 0. The van der Waals surface area contributed by atoms with Crippen LogP contribution in [0, 0.1) is 5.92 Å². The van der Waals surface area contributed by atoms with Crippen LogP contribution >= 0.6 is 0 Å². The molecule has 98 valence electrons. The Morgan fingerprint density at radius 1 is 1.12 bits per heavy atom. The van der Waals surface area contributed by atoms with E-state index in [4.69, 9.17) is 10.2 Å². The second-order valence-electron chi connectivity index (χ2n) is 4.19. The van der Waals surface area contributed by atoms with Gasteiger partial charge in [0.25, 0.3) is 0 Å². The molecular formula is C13H22O4. The highest BCUT2D eigenvalue weighted by Crippen LogP contribution is 2.15. The summed E-state index contributed by atoms with van der Waals surface area (Å²) in [5.41, 5.74) is 0. The quantitative estimate of drug-likeness (QED) is 0.456. The zero-order chi connectivity index (χ0) is 13.1. The Bertz CT molecular complexity index is 258. The molecule has 4 heteroatoms. The average molecular weight is 242 g/mol. The lowest BCUT2D eigenvalue weighted by atomic mass is 9.97. The molecule has 0 amide bonds. The maximum absolute atomic E-state index is 10.8. The van der Waals surface area contributed by atoms with Crippen LogP contribution in [0.5, 0.6) is 0 Å². The molecule has 0 aliphatic carbocycles. The van der Waals surface area contributed by atoms with Gasteiger partial charge in [-0.1, -0.05) is 31.4 Å². The number of carboxylic acid groups (broad SMARTS) is 2. The SMILES string of the molecule is C/C=C/CCCCCCC(CC(=O)O)C(=O)O. The van der Waals surface area contributed by atoms with Gasteiger partial charge in [-0.05, 0) is 26.2 Å². The van der Waals surface area contributed by atoms with E-state index in [1.54, 1.807) is 0 Å². The molecule has 1 unspecified atom stereocenters. The van der Waals surface area contributed by atoms with Gasteiger partial charge in [0.1, 0.15) is 0 Å². The maximum atomic E-state index is 10.8. The zero-order valence-corrected chi connectivity index (χ0v) is 10.4. The molecular weight excluding hydrogens is 220 g/mol. The van der Waals surface area contributed by atoms with Crippen LogP contribution in [-0.4, -0.2) is 22.2 Å².